The maximum atomic E-state index is 14.4. The molecule has 0 N–H and O–H groups in total. The van der Waals surface area contributed by atoms with E-state index in [4.69, 9.17) is 14.2 Å². The molecule has 1 saturated heterocycles. The molecule has 1 amide bonds. The van der Waals surface area contributed by atoms with Crippen molar-refractivity contribution in [3.05, 3.63) is 35.9 Å². The molecule has 0 radical (unpaired) electrons. The topological polar surface area (TPSA) is 108 Å². The number of hydrogen-bond acceptors (Lipinski definition) is 8. The maximum Gasteiger partial charge on any atom is 0.229 e. The van der Waals surface area contributed by atoms with Gasteiger partial charge in [0, 0.05) is 32.2 Å². The first-order chi connectivity index (χ1) is 16.0. The average molecular weight is 496 g/mol. The molecular formula is C23H30FN3O6S. The summed E-state index contributed by atoms with van der Waals surface area (Å²) in [4.78, 5) is 22.2. The van der Waals surface area contributed by atoms with Gasteiger partial charge in [0.05, 0.1) is 29.6 Å². The van der Waals surface area contributed by atoms with E-state index in [1.807, 2.05) is 18.7 Å². The molecule has 9 nitrogen and oxygen atoms in total. The molecule has 1 aromatic heterocycles. The molecule has 1 fully saturated rings. The largest absolute Gasteiger partial charge is 0.474 e. The number of piperidine rings is 1. The molecule has 186 valence electrons. The van der Waals surface area contributed by atoms with Crippen molar-refractivity contribution in [1.29, 1.82) is 0 Å². The first-order valence-electron chi connectivity index (χ1n) is 11.1. The zero-order valence-corrected chi connectivity index (χ0v) is 20.6. The van der Waals surface area contributed by atoms with Gasteiger partial charge in [0.25, 0.3) is 0 Å². The van der Waals surface area contributed by atoms with Gasteiger partial charge in [0.15, 0.2) is 21.4 Å². The van der Waals surface area contributed by atoms with Gasteiger partial charge in [0.2, 0.25) is 17.7 Å². The Morgan fingerprint density at radius 1 is 1.21 bits per heavy atom. The van der Waals surface area contributed by atoms with Gasteiger partial charge in [-0.1, -0.05) is 0 Å². The zero-order chi connectivity index (χ0) is 24.9. The van der Waals surface area contributed by atoms with Crippen LogP contribution in [0.1, 0.15) is 38.7 Å². The highest BCUT2D eigenvalue weighted by atomic mass is 32.2. The standard InChI is InChI=1S/C23H30FN3O6S/c1-15(2)31-12-9-21(28)27-10-7-17(8-11-27)32-22-16(3)23(26-14-25-22)33-20-6-5-18(13-19(20)24)34(4,29)30/h5-6,13-15,17H,7-12H2,1-4H3. The molecule has 0 aliphatic carbocycles. The summed E-state index contributed by atoms with van der Waals surface area (Å²) in [5.41, 5.74) is 0.485. The molecule has 0 atom stereocenters. The van der Waals surface area contributed by atoms with Crippen LogP contribution >= 0.6 is 0 Å². The van der Waals surface area contributed by atoms with Crippen molar-refractivity contribution >= 4 is 15.7 Å². The van der Waals surface area contributed by atoms with Crippen LogP contribution in [-0.2, 0) is 19.4 Å². The number of sulfone groups is 1. The number of aromatic nitrogens is 2. The van der Waals surface area contributed by atoms with Crippen LogP contribution < -0.4 is 9.47 Å². The van der Waals surface area contributed by atoms with Crippen LogP contribution in [0.5, 0.6) is 17.5 Å². The average Bonchev–Trinajstić information content (AvgIpc) is 2.77. The third-order valence-corrected chi connectivity index (χ3v) is 6.48. The van der Waals surface area contributed by atoms with Crippen molar-refractivity contribution < 1.29 is 31.8 Å². The minimum Gasteiger partial charge on any atom is -0.474 e. The Kier molecular flexibility index (Phi) is 8.42. The number of rotatable bonds is 9. The second kappa shape index (κ2) is 11.1. The number of carbonyl (C=O) groups is 1. The van der Waals surface area contributed by atoms with Crippen molar-refractivity contribution in [2.45, 2.75) is 57.1 Å². The monoisotopic (exact) mass is 495 g/mol. The van der Waals surface area contributed by atoms with Crippen LogP contribution in [0.25, 0.3) is 0 Å². The van der Waals surface area contributed by atoms with Crippen LogP contribution in [0.3, 0.4) is 0 Å². The highest BCUT2D eigenvalue weighted by Gasteiger charge is 2.25. The molecule has 2 heterocycles. The zero-order valence-electron chi connectivity index (χ0n) is 19.8. The lowest BCUT2D eigenvalue weighted by Crippen LogP contribution is -2.42. The molecule has 0 bridgehead atoms. The molecule has 2 aromatic rings. The molecular weight excluding hydrogens is 465 g/mol. The van der Waals surface area contributed by atoms with Gasteiger partial charge < -0.3 is 19.1 Å². The summed E-state index contributed by atoms with van der Waals surface area (Å²) in [5.74, 6) is -0.494. The van der Waals surface area contributed by atoms with Crippen LogP contribution in [0, 0.1) is 12.7 Å². The minimum atomic E-state index is -3.54. The van der Waals surface area contributed by atoms with E-state index in [2.05, 4.69) is 9.97 Å². The minimum absolute atomic E-state index is 0.0666. The predicted octanol–water partition coefficient (Wildman–Crippen LogP) is 3.30. The Labute approximate surface area is 199 Å². The number of benzene rings is 1. The number of hydrogen-bond donors (Lipinski definition) is 0. The molecule has 1 aliphatic rings. The first-order valence-corrected chi connectivity index (χ1v) is 13.0. The van der Waals surface area contributed by atoms with Crippen molar-refractivity contribution in [2.24, 2.45) is 0 Å². The van der Waals surface area contributed by atoms with Crippen molar-refractivity contribution in [3.63, 3.8) is 0 Å². The van der Waals surface area contributed by atoms with Crippen LogP contribution in [0.2, 0.25) is 0 Å². The van der Waals surface area contributed by atoms with E-state index in [1.54, 1.807) is 6.92 Å². The summed E-state index contributed by atoms with van der Waals surface area (Å²) in [6.45, 7) is 7.13. The number of ether oxygens (including phenoxy) is 3. The summed E-state index contributed by atoms with van der Waals surface area (Å²) in [6, 6.07) is 3.42. The molecule has 11 heteroatoms. The fourth-order valence-electron chi connectivity index (χ4n) is 3.46. The lowest BCUT2D eigenvalue weighted by Gasteiger charge is -2.32. The van der Waals surface area contributed by atoms with Crippen LogP contribution in [-0.4, -0.2) is 67.4 Å². The predicted molar refractivity (Wildman–Crippen MR) is 122 cm³/mol. The first kappa shape index (κ1) is 25.8. The van der Waals surface area contributed by atoms with Crippen molar-refractivity contribution in [1.82, 2.24) is 14.9 Å². The second-order valence-electron chi connectivity index (χ2n) is 8.44. The van der Waals surface area contributed by atoms with E-state index in [0.717, 1.165) is 12.3 Å². The van der Waals surface area contributed by atoms with Gasteiger partial charge in [0.1, 0.15) is 12.4 Å². The van der Waals surface area contributed by atoms with E-state index in [-0.39, 0.29) is 34.6 Å². The number of halogens is 1. The Balaban J connectivity index is 1.59. The van der Waals surface area contributed by atoms with Gasteiger partial charge in [-0.3, -0.25) is 4.79 Å². The van der Waals surface area contributed by atoms with Gasteiger partial charge in [-0.05, 0) is 39.0 Å². The molecule has 34 heavy (non-hydrogen) atoms. The highest BCUT2D eigenvalue weighted by molar-refractivity contribution is 7.90. The summed E-state index contributed by atoms with van der Waals surface area (Å²) < 4.78 is 54.6. The van der Waals surface area contributed by atoms with Crippen LogP contribution in [0.15, 0.2) is 29.4 Å². The van der Waals surface area contributed by atoms with Crippen molar-refractivity contribution in [2.75, 3.05) is 26.0 Å². The van der Waals surface area contributed by atoms with Gasteiger partial charge in [-0.2, -0.15) is 0 Å². The molecule has 1 aliphatic heterocycles. The van der Waals surface area contributed by atoms with Gasteiger partial charge in [-0.15, -0.1) is 0 Å². The van der Waals surface area contributed by atoms with E-state index < -0.39 is 15.7 Å². The summed E-state index contributed by atoms with van der Waals surface area (Å²) in [6.07, 6.45) is 3.88. The number of nitrogens with zero attached hydrogens (tertiary/aromatic N) is 3. The molecule has 0 saturated carbocycles. The van der Waals surface area contributed by atoms with E-state index in [1.165, 1.54) is 18.5 Å². The second-order valence-corrected chi connectivity index (χ2v) is 10.5. The third-order valence-electron chi connectivity index (χ3n) is 5.37. The Morgan fingerprint density at radius 2 is 1.88 bits per heavy atom. The Hall–Kier alpha value is -2.79. The molecule has 1 aromatic carbocycles. The number of amides is 1. The lowest BCUT2D eigenvalue weighted by atomic mass is 10.1. The summed E-state index contributed by atoms with van der Waals surface area (Å²) in [5, 5.41) is 0. The van der Waals surface area contributed by atoms with E-state index in [9.17, 15) is 17.6 Å². The SMILES string of the molecule is Cc1c(Oc2ccc(S(C)(=O)=O)cc2F)ncnc1OC1CCN(C(=O)CCOC(C)C)CC1. The number of carbonyl (C=O) groups excluding carboxylic acids is 1. The molecule has 0 spiro atoms. The highest BCUT2D eigenvalue weighted by Crippen LogP contribution is 2.31. The maximum absolute atomic E-state index is 14.4. The number of likely N-dealkylation sites (tertiary alicyclic amines) is 1. The summed E-state index contributed by atoms with van der Waals surface area (Å²) >= 11 is 0. The van der Waals surface area contributed by atoms with E-state index >= 15 is 0 Å². The lowest BCUT2D eigenvalue weighted by molar-refractivity contribution is -0.134. The molecule has 3 rings (SSSR count). The van der Waals surface area contributed by atoms with Crippen LogP contribution in [0.4, 0.5) is 4.39 Å². The Morgan fingerprint density at radius 3 is 2.50 bits per heavy atom. The Bertz CT molecular complexity index is 1120. The fraction of sp³-hybridized carbons (Fsp3) is 0.522. The smallest absolute Gasteiger partial charge is 0.229 e. The van der Waals surface area contributed by atoms with Crippen molar-refractivity contribution in [3.8, 4) is 17.5 Å². The van der Waals surface area contributed by atoms with Gasteiger partial charge >= 0.3 is 0 Å². The normalized spacial score (nSPS) is 14.9. The summed E-state index contributed by atoms with van der Waals surface area (Å²) in [7, 11) is -3.54. The van der Waals surface area contributed by atoms with E-state index in [0.29, 0.717) is 50.4 Å². The fourth-order valence-corrected chi connectivity index (χ4v) is 4.09. The quantitative estimate of drug-likeness (QED) is 0.521. The van der Waals surface area contributed by atoms with Gasteiger partial charge in [-0.25, -0.2) is 22.8 Å². The molecule has 0 unspecified atom stereocenters. The third kappa shape index (κ3) is 6.86.